The number of carbonyl (C=O) groups excluding carboxylic acids is 1. The standard InChI is InChI=1S/C19H24N4O4/c1-5-8-23(10-15-21-22-18(27-15)14-7-6-9-26-14)19(25)17-11(2)16(13(4)24)12(3)20-17/h6-7,9,13,20,24H,5,8,10H2,1-4H3/t13-/m1/s1. The van der Waals surface area contributed by atoms with Crippen LogP contribution in [0.1, 0.15) is 59.6 Å². The van der Waals surface area contributed by atoms with E-state index in [0.29, 0.717) is 23.9 Å². The molecule has 0 saturated carbocycles. The van der Waals surface area contributed by atoms with Crippen LogP contribution in [-0.2, 0) is 6.54 Å². The van der Waals surface area contributed by atoms with Crippen LogP contribution in [0.3, 0.4) is 0 Å². The summed E-state index contributed by atoms with van der Waals surface area (Å²) in [5, 5.41) is 18.0. The Bertz CT molecular complexity index is 908. The third kappa shape index (κ3) is 3.80. The molecule has 3 aromatic rings. The summed E-state index contributed by atoms with van der Waals surface area (Å²) < 4.78 is 10.9. The van der Waals surface area contributed by atoms with Gasteiger partial charge in [-0.25, -0.2) is 0 Å². The summed E-state index contributed by atoms with van der Waals surface area (Å²) in [5.74, 6) is 0.934. The Morgan fingerprint density at radius 2 is 2.15 bits per heavy atom. The first-order valence-electron chi connectivity index (χ1n) is 8.95. The van der Waals surface area contributed by atoms with Gasteiger partial charge in [-0.3, -0.25) is 4.79 Å². The van der Waals surface area contributed by atoms with Crippen molar-refractivity contribution in [2.24, 2.45) is 0 Å². The summed E-state index contributed by atoms with van der Waals surface area (Å²) in [7, 11) is 0. The lowest BCUT2D eigenvalue weighted by atomic mass is 10.1. The monoisotopic (exact) mass is 372 g/mol. The predicted molar refractivity (Wildman–Crippen MR) is 97.9 cm³/mol. The number of hydrogen-bond acceptors (Lipinski definition) is 6. The number of amides is 1. The molecule has 27 heavy (non-hydrogen) atoms. The maximum absolute atomic E-state index is 13.1. The van der Waals surface area contributed by atoms with Crippen molar-refractivity contribution in [1.29, 1.82) is 0 Å². The summed E-state index contributed by atoms with van der Waals surface area (Å²) in [6, 6.07) is 3.47. The number of aliphatic hydroxyl groups is 1. The van der Waals surface area contributed by atoms with Gasteiger partial charge in [-0.1, -0.05) is 6.92 Å². The zero-order valence-electron chi connectivity index (χ0n) is 15.9. The Morgan fingerprint density at radius 1 is 1.37 bits per heavy atom. The molecule has 0 aromatic carbocycles. The minimum Gasteiger partial charge on any atom is -0.459 e. The van der Waals surface area contributed by atoms with E-state index < -0.39 is 6.10 Å². The van der Waals surface area contributed by atoms with Gasteiger partial charge in [0.15, 0.2) is 5.76 Å². The molecule has 8 heteroatoms. The van der Waals surface area contributed by atoms with Gasteiger partial charge in [-0.05, 0) is 44.9 Å². The topological polar surface area (TPSA) is 108 Å². The molecule has 0 aliphatic heterocycles. The average Bonchev–Trinajstić information content (AvgIpc) is 3.34. The second-order valence-corrected chi connectivity index (χ2v) is 6.54. The normalized spacial score (nSPS) is 12.3. The Kier molecular flexibility index (Phi) is 5.46. The van der Waals surface area contributed by atoms with Crippen LogP contribution >= 0.6 is 0 Å². The molecule has 2 N–H and O–H groups in total. The van der Waals surface area contributed by atoms with Gasteiger partial charge in [-0.2, -0.15) is 0 Å². The first-order chi connectivity index (χ1) is 12.9. The first-order valence-corrected chi connectivity index (χ1v) is 8.95. The van der Waals surface area contributed by atoms with Gasteiger partial charge in [0.2, 0.25) is 5.89 Å². The van der Waals surface area contributed by atoms with E-state index in [0.717, 1.165) is 23.2 Å². The molecular weight excluding hydrogens is 348 g/mol. The molecular formula is C19H24N4O4. The SMILES string of the molecule is CCCN(Cc1nnc(-c2ccco2)o1)C(=O)c1[nH]c(C)c([C@@H](C)O)c1C. The second-order valence-electron chi connectivity index (χ2n) is 6.54. The van der Waals surface area contributed by atoms with Gasteiger partial charge in [0.1, 0.15) is 5.69 Å². The van der Waals surface area contributed by atoms with Crippen molar-refractivity contribution in [3.8, 4) is 11.7 Å². The molecule has 144 valence electrons. The summed E-state index contributed by atoms with van der Waals surface area (Å²) in [4.78, 5) is 17.9. The van der Waals surface area contributed by atoms with E-state index >= 15 is 0 Å². The van der Waals surface area contributed by atoms with Crippen LogP contribution in [0.4, 0.5) is 0 Å². The van der Waals surface area contributed by atoms with Gasteiger partial charge in [0.05, 0.1) is 18.9 Å². The Morgan fingerprint density at radius 3 is 2.74 bits per heavy atom. The number of nitrogens with zero attached hydrogens (tertiary/aromatic N) is 3. The summed E-state index contributed by atoms with van der Waals surface area (Å²) in [5.41, 5.74) is 2.78. The number of aryl methyl sites for hydroxylation is 1. The molecule has 3 heterocycles. The molecule has 1 amide bonds. The molecule has 3 rings (SSSR count). The minimum atomic E-state index is -0.644. The summed E-state index contributed by atoms with van der Waals surface area (Å²) in [6.07, 6.45) is 1.67. The third-order valence-corrected chi connectivity index (χ3v) is 4.43. The van der Waals surface area contributed by atoms with Crippen LogP contribution in [0.5, 0.6) is 0 Å². The van der Waals surface area contributed by atoms with Gasteiger partial charge < -0.3 is 23.8 Å². The van der Waals surface area contributed by atoms with Crippen LogP contribution in [-0.4, -0.2) is 37.6 Å². The second kappa shape index (κ2) is 7.79. The number of aromatic amines is 1. The van der Waals surface area contributed by atoms with E-state index in [2.05, 4.69) is 15.2 Å². The van der Waals surface area contributed by atoms with Crippen LogP contribution in [0, 0.1) is 13.8 Å². The Hall–Kier alpha value is -2.87. The van der Waals surface area contributed by atoms with Crippen molar-refractivity contribution in [3.63, 3.8) is 0 Å². The maximum Gasteiger partial charge on any atom is 0.283 e. The van der Waals surface area contributed by atoms with E-state index in [-0.39, 0.29) is 18.3 Å². The number of hydrogen-bond donors (Lipinski definition) is 2. The highest BCUT2D eigenvalue weighted by molar-refractivity contribution is 5.94. The van der Waals surface area contributed by atoms with Gasteiger partial charge >= 0.3 is 0 Å². The maximum atomic E-state index is 13.1. The Balaban J connectivity index is 1.83. The average molecular weight is 372 g/mol. The van der Waals surface area contributed by atoms with Crippen molar-refractivity contribution < 1.29 is 18.7 Å². The molecule has 1 atom stereocenters. The molecule has 0 spiro atoms. The fourth-order valence-corrected chi connectivity index (χ4v) is 3.27. The fraction of sp³-hybridized carbons (Fsp3) is 0.421. The molecule has 0 saturated heterocycles. The molecule has 0 radical (unpaired) electrons. The largest absolute Gasteiger partial charge is 0.459 e. The molecule has 0 bridgehead atoms. The summed E-state index contributed by atoms with van der Waals surface area (Å²) in [6.45, 7) is 8.11. The van der Waals surface area contributed by atoms with E-state index in [1.54, 1.807) is 24.0 Å². The number of aromatic nitrogens is 3. The number of carbonyl (C=O) groups is 1. The van der Waals surface area contributed by atoms with Crippen LogP contribution in [0.25, 0.3) is 11.7 Å². The fourth-order valence-electron chi connectivity index (χ4n) is 3.27. The van der Waals surface area contributed by atoms with Gasteiger partial charge in [0.25, 0.3) is 11.8 Å². The minimum absolute atomic E-state index is 0.165. The van der Waals surface area contributed by atoms with Crippen molar-refractivity contribution in [3.05, 3.63) is 46.8 Å². The summed E-state index contributed by atoms with van der Waals surface area (Å²) >= 11 is 0. The van der Waals surface area contributed by atoms with E-state index in [1.165, 1.54) is 6.26 Å². The molecule has 0 aliphatic rings. The van der Waals surface area contributed by atoms with E-state index in [4.69, 9.17) is 8.83 Å². The molecule has 3 aromatic heterocycles. The van der Waals surface area contributed by atoms with E-state index in [9.17, 15) is 9.90 Å². The molecule has 8 nitrogen and oxygen atoms in total. The molecule has 0 unspecified atom stereocenters. The highest BCUT2D eigenvalue weighted by Crippen LogP contribution is 2.26. The van der Waals surface area contributed by atoms with Crippen molar-refractivity contribution in [2.45, 2.75) is 46.8 Å². The molecule has 0 fully saturated rings. The number of rotatable bonds is 7. The zero-order valence-corrected chi connectivity index (χ0v) is 15.9. The Labute approximate surface area is 157 Å². The quantitative estimate of drug-likeness (QED) is 0.658. The third-order valence-electron chi connectivity index (χ3n) is 4.43. The van der Waals surface area contributed by atoms with Gasteiger partial charge in [0, 0.05) is 17.8 Å². The highest BCUT2D eigenvalue weighted by atomic mass is 16.4. The van der Waals surface area contributed by atoms with Gasteiger partial charge in [-0.15, -0.1) is 10.2 Å². The van der Waals surface area contributed by atoms with Crippen molar-refractivity contribution >= 4 is 5.91 Å². The number of furan rings is 1. The molecule has 0 aliphatic carbocycles. The lowest BCUT2D eigenvalue weighted by Gasteiger charge is -2.20. The van der Waals surface area contributed by atoms with Crippen LogP contribution in [0.2, 0.25) is 0 Å². The van der Waals surface area contributed by atoms with Crippen molar-refractivity contribution in [1.82, 2.24) is 20.1 Å². The lowest BCUT2D eigenvalue weighted by Crippen LogP contribution is -2.32. The van der Waals surface area contributed by atoms with Crippen molar-refractivity contribution in [2.75, 3.05) is 6.54 Å². The smallest absolute Gasteiger partial charge is 0.283 e. The highest BCUT2D eigenvalue weighted by Gasteiger charge is 2.25. The number of H-pyrrole nitrogens is 1. The first kappa shape index (κ1) is 18.9. The number of aliphatic hydroxyl groups excluding tert-OH is 1. The number of nitrogens with one attached hydrogen (secondary N) is 1. The predicted octanol–water partition coefficient (Wildman–Crippen LogP) is 3.38. The zero-order chi connectivity index (χ0) is 19.6. The van der Waals surface area contributed by atoms with Crippen LogP contribution in [0.15, 0.2) is 27.2 Å². The van der Waals surface area contributed by atoms with E-state index in [1.807, 2.05) is 20.8 Å². The lowest BCUT2D eigenvalue weighted by molar-refractivity contribution is 0.0722. The van der Waals surface area contributed by atoms with Crippen LogP contribution < -0.4 is 0 Å².